The summed E-state index contributed by atoms with van der Waals surface area (Å²) in [5.41, 5.74) is 0. The molecular formula is C7H13NO. The zero-order valence-corrected chi connectivity index (χ0v) is 5.76. The molecule has 1 heterocycles. The standard InChI is InChI=1S/C7H13NO/c1-2-6-3-4-7(5-9)8-6/h5-8H,2-4H2,1H3/t6?,7-/m0/s1. The molecular weight excluding hydrogens is 114 g/mol. The van der Waals surface area contributed by atoms with E-state index in [9.17, 15) is 4.79 Å². The van der Waals surface area contributed by atoms with Gasteiger partial charge in [-0.2, -0.15) is 0 Å². The van der Waals surface area contributed by atoms with Gasteiger partial charge in [-0.25, -0.2) is 0 Å². The fourth-order valence-corrected chi connectivity index (χ4v) is 1.28. The van der Waals surface area contributed by atoms with E-state index in [1.807, 2.05) is 0 Å². The minimum Gasteiger partial charge on any atom is -0.305 e. The highest BCUT2D eigenvalue weighted by Gasteiger charge is 2.20. The van der Waals surface area contributed by atoms with E-state index in [-0.39, 0.29) is 6.04 Å². The first-order chi connectivity index (χ1) is 4.36. The van der Waals surface area contributed by atoms with Crippen molar-refractivity contribution in [1.29, 1.82) is 0 Å². The van der Waals surface area contributed by atoms with Gasteiger partial charge in [0, 0.05) is 6.04 Å². The predicted molar refractivity (Wildman–Crippen MR) is 36.3 cm³/mol. The fraction of sp³-hybridized carbons (Fsp3) is 0.857. The summed E-state index contributed by atoms with van der Waals surface area (Å²) in [7, 11) is 0. The maximum absolute atomic E-state index is 10.2. The van der Waals surface area contributed by atoms with E-state index < -0.39 is 0 Å². The molecule has 0 aromatic heterocycles. The molecule has 0 aromatic rings. The summed E-state index contributed by atoms with van der Waals surface area (Å²) in [6.45, 7) is 2.14. The summed E-state index contributed by atoms with van der Waals surface area (Å²) in [5.74, 6) is 0. The SMILES string of the molecule is CCC1CC[C@@H](C=O)N1. The molecule has 9 heavy (non-hydrogen) atoms. The largest absolute Gasteiger partial charge is 0.305 e. The Morgan fingerprint density at radius 1 is 1.67 bits per heavy atom. The van der Waals surface area contributed by atoms with Crippen LogP contribution in [0, 0.1) is 0 Å². The summed E-state index contributed by atoms with van der Waals surface area (Å²) < 4.78 is 0. The highest BCUT2D eigenvalue weighted by atomic mass is 16.1. The number of rotatable bonds is 2. The van der Waals surface area contributed by atoms with Crippen molar-refractivity contribution >= 4 is 6.29 Å². The van der Waals surface area contributed by atoms with Crippen LogP contribution in [0.4, 0.5) is 0 Å². The maximum Gasteiger partial charge on any atom is 0.136 e. The molecule has 0 aliphatic carbocycles. The summed E-state index contributed by atoms with van der Waals surface area (Å²) in [5, 5.41) is 3.22. The molecule has 0 amide bonds. The zero-order chi connectivity index (χ0) is 6.69. The van der Waals surface area contributed by atoms with Crippen LogP contribution in [0.25, 0.3) is 0 Å². The van der Waals surface area contributed by atoms with E-state index in [1.54, 1.807) is 0 Å². The third kappa shape index (κ3) is 1.52. The molecule has 0 aromatic carbocycles. The Hall–Kier alpha value is -0.370. The lowest BCUT2D eigenvalue weighted by Crippen LogP contribution is -2.29. The molecule has 1 N–H and O–H groups in total. The van der Waals surface area contributed by atoms with Crippen LogP contribution in [0.15, 0.2) is 0 Å². The highest BCUT2D eigenvalue weighted by molar-refractivity contribution is 5.58. The van der Waals surface area contributed by atoms with Crippen molar-refractivity contribution in [2.75, 3.05) is 0 Å². The minimum atomic E-state index is 0.148. The lowest BCUT2D eigenvalue weighted by atomic mass is 10.2. The Morgan fingerprint density at radius 2 is 2.44 bits per heavy atom. The van der Waals surface area contributed by atoms with Crippen LogP contribution in [0.5, 0.6) is 0 Å². The first kappa shape index (κ1) is 6.75. The van der Waals surface area contributed by atoms with E-state index >= 15 is 0 Å². The number of carbonyl (C=O) groups is 1. The van der Waals surface area contributed by atoms with Gasteiger partial charge in [-0.3, -0.25) is 0 Å². The molecule has 52 valence electrons. The van der Waals surface area contributed by atoms with Crippen molar-refractivity contribution in [3.8, 4) is 0 Å². The predicted octanol–water partition coefficient (Wildman–Crippen LogP) is 0.716. The molecule has 0 radical (unpaired) electrons. The molecule has 2 heteroatoms. The lowest BCUT2D eigenvalue weighted by molar-refractivity contribution is -0.109. The Bertz CT molecular complexity index is 103. The monoisotopic (exact) mass is 127 g/mol. The summed E-state index contributed by atoms with van der Waals surface area (Å²) >= 11 is 0. The van der Waals surface area contributed by atoms with Crippen LogP contribution in [0.3, 0.4) is 0 Å². The zero-order valence-electron chi connectivity index (χ0n) is 5.76. The molecule has 0 bridgehead atoms. The molecule has 2 atom stereocenters. The van der Waals surface area contributed by atoms with Crippen LogP contribution in [0.2, 0.25) is 0 Å². The maximum atomic E-state index is 10.2. The first-order valence-electron chi connectivity index (χ1n) is 3.58. The number of hydrogen-bond acceptors (Lipinski definition) is 2. The number of nitrogens with one attached hydrogen (secondary N) is 1. The van der Waals surface area contributed by atoms with Crippen LogP contribution in [-0.4, -0.2) is 18.4 Å². The average Bonchev–Trinajstić information content (AvgIpc) is 2.34. The van der Waals surface area contributed by atoms with Gasteiger partial charge in [0.15, 0.2) is 0 Å². The highest BCUT2D eigenvalue weighted by Crippen LogP contribution is 2.12. The van der Waals surface area contributed by atoms with Gasteiger partial charge in [0.05, 0.1) is 6.04 Å². The van der Waals surface area contributed by atoms with Crippen molar-refractivity contribution < 1.29 is 4.79 Å². The minimum absolute atomic E-state index is 0.148. The van der Waals surface area contributed by atoms with Crippen molar-refractivity contribution in [3.63, 3.8) is 0 Å². The van der Waals surface area contributed by atoms with Crippen molar-refractivity contribution in [1.82, 2.24) is 5.32 Å². The van der Waals surface area contributed by atoms with Crippen molar-refractivity contribution in [2.24, 2.45) is 0 Å². The molecule has 1 aliphatic rings. The van der Waals surface area contributed by atoms with Gasteiger partial charge in [-0.05, 0) is 19.3 Å². The summed E-state index contributed by atoms with van der Waals surface area (Å²) in [4.78, 5) is 10.2. The number of hydrogen-bond donors (Lipinski definition) is 1. The quantitative estimate of drug-likeness (QED) is 0.554. The van der Waals surface area contributed by atoms with Crippen LogP contribution < -0.4 is 5.32 Å². The lowest BCUT2D eigenvalue weighted by Gasteiger charge is -2.05. The van der Waals surface area contributed by atoms with Gasteiger partial charge in [-0.1, -0.05) is 6.92 Å². The second kappa shape index (κ2) is 2.97. The van der Waals surface area contributed by atoms with Gasteiger partial charge < -0.3 is 10.1 Å². The topological polar surface area (TPSA) is 29.1 Å². The van der Waals surface area contributed by atoms with Crippen molar-refractivity contribution in [3.05, 3.63) is 0 Å². The second-order valence-corrected chi connectivity index (χ2v) is 2.59. The van der Waals surface area contributed by atoms with E-state index in [4.69, 9.17) is 0 Å². The Balaban J connectivity index is 2.28. The Morgan fingerprint density at radius 3 is 2.78 bits per heavy atom. The van der Waals surface area contributed by atoms with Gasteiger partial charge in [0.25, 0.3) is 0 Å². The molecule has 0 saturated carbocycles. The Labute approximate surface area is 55.6 Å². The van der Waals surface area contributed by atoms with E-state index in [1.165, 1.54) is 6.42 Å². The van der Waals surface area contributed by atoms with E-state index in [2.05, 4.69) is 12.2 Å². The first-order valence-corrected chi connectivity index (χ1v) is 3.58. The third-order valence-corrected chi connectivity index (χ3v) is 1.93. The summed E-state index contributed by atoms with van der Waals surface area (Å²) in [6, 6.07) is 0.746. The van der Waals surface area contributed by atoms with E-state index in [0.717, 1.165) is 19.1 Å². The molecule has 1 rings (SSSR count). The molecule has 1 saturated heterocycles. The van der Waals surface area contributed by atoms with Crippen LogP contribution >= 0.6 is 0 Å². The van der Waals surface area contributed by atoms with Gasteiger partial charge in [-0.15, -0.1) is 0 Å². The number of aldehydes is 1. The van der Waals surface area contributed by atoms with Crippen LogP contribution in [0.1, 0.15) is 26.2 Å². The van der Waals surface area contributed by atoms with Gasteiger partial charge >= 0.3 is 0 Å². The molecule has 0 spiro atoms. The molecule has 1 aliphatic heterocycles. The van der Waals surface area contributed by atoms with Gasteiger partial charge in [0.2, 0.25) is 0 Å². The normalized spacial score (nSPS) is 34.8. The van der Waals surface area contributed by atoms with Gasteiger partial charge in [0.1, 0.15) is 6.29 Å². The molecule has 1 fully saturated rings. The number of carbonyl (C=O) groups excluding carboxylic acids is 1. The Kier molecular flexibility index (Phi) is 2.22. The third-order valence-electron chi connectivity index (χ3n) is 1.93. The smallest absolute Gasteiger partial charge is 0.136 e. The van der Waals surface area contributed by atoms with E-state index in [0.29, 0.717) is 6.04 Å². The molecule has 2 nitrogen and oxygen atoms in total. The molecule has 1 unspecified atom stereocenters. The van der Waals surface area contributed by atoms with Crippen molar-refractivity contribution in [2.45, 2.75) is 38.3 Å². The second-order valence-electron chi connectivity index (χ2n) is 2.59. The van der Waals surface area contributed by atoms with Crippen LogP contribution in [-0.2, 0) is 4.79 Å². The summed E-state index contributed by atoms with van der Waals surface area (Å²) in [6.07, 6.45) is 4.35. The average molecular weight is 127 g/mol. The fourth-order valence-electron chi connectivity index (χ4n) is 1.28.